The number of halogens is 1. The Morgan fingerprint density at radius 3 is 2.61 bits per heavy atom. The molecule has 1 aliphatic rings. The van der Waals surface area contributed by atoms with Gasteiger partial charge in [0.05, 0.1) is 5.69 Å². The normalized spacial score (nSPS) is 14.8. The first kappa shape index (κ1) is 20.3. The number of likely N-dealkylation sites (N-methyl/N-ethyl adjacent to an activating group) is 1. The Kier molecular flexibility index (Phi) is 5.81. The molecule has 1 saturated heterocycles. The molecule has 1 fully saturated rings. The maximum Gasteiger partial charge on any atom is 0.131 e. The number of fused-ring (bicyclic) bond motifs is 1. The van der Waals surface area contributed by atoms with Gasteiger partial charge in [0.1, 0.15) is 17.4 Å². The topological polar surface area (TPSA) is 28.6 Å². The summed E-state index contributed by atoms with van der Waals surface area (Å²) in [5.74, 6) is 0.870. The third-order valence-corrected chi connectivity index (χ3v) is 6.90. The summed E-state index contributed by atoms with van der Waals surface area (Å²) in [6, 6.07) is 20.6. The van der Waals surface area contributed by atoms with Gasteiger partial charge in [-0.15, -0.1) is 11.3 Å². The van der Waals surface area contributed by atoms with E-state index in [-0.39, 0.29) is 0 Å². The molecule has 2 heterocycles. The Balaban J connectivity index is 1.33. The summed E-state index contributed by atoms with van der Waals surface area (Å²) in [5.41, 5.74) is 3.29. The summed E-state index contributed by atoms with van der Waals surface area (Å²) < 4.78 is 6.12. The number of hydrogen-bond donors (Lipinski definition) is 0. The number of benzene rings is 3. The summed E-state index contributed by atoms with van der Waals surface area (Å²) in [5, 5.41) is 6.25. The second-order valence-corrected chi connectivity index (χ2v) is 9.18. The summed E-state index contributed by atoms with van der Waals surface area (Å²) in [6.07, 6.45) is 0. The lowest BCUT2D eigenvalue weighted by atomic mass is 10.1. The lowest BCUT2D eigenvalue weighted by molar-refractivity contribution is 0.302. The molecule has 0 radical (unpaired) electrons. The van der Waals surface area contributed by atoms with Gasteiger partial charge in [0.15, 0.2) is 0 Å². The minimum Gasteiger partial charge on any atom is -0.487 e. The SMILES string of the molecule is CN1CCN(c2cccc3ccc(OCc4csc(-c5ccc(Cl)cc5)n4)cc23)CC1. The molecule has 0 unspecified atom stereocenters. The van der Waals surface area contributed by atoms with Gasteiger partial charge in [-0.1, -0.05) is 41.9 Å². The van der Waals surface area contributed by atoms with Crippen LogP contribution in [0.5, 0.6) is 5.75 Å². The first-order chi connectivity index (χ1) is 15.2. The number of hydrogen-bond acceptors (Lipinski definition) is 5. The van der Waals surface area contributed by atoms with Gasteiger partial charge in [0.25, 0.3) is 0 Å². The number of nitrogens with zero attached hydrogens (tertiary/aromatic N) is 3. The first-order valence-corrected chi connectivity index (χ1v) is 11.7. The average Bonchev–Trinajstić information content (AvgIpc) is 3.27. The fraction of sp³-hybridized carbons (Fsp3) is 0.240. The van der Waals surface area contributed by atoms with Gasteiger partial charge in [0, 0.05) is 53.2 Å². The molecule has 1 aromatic heterocycles. The summed E-state index contributed by atoms with van der Waals surface area (Å²) in [4.78, 5) is 9.58. The van der Waals surface area contributed by atoms with Crippen molar-refractivity contribution in [3.05, 3.63) is 76.8 Å². The summed E-state index contributed by atoms with van der Waals surface area (Å²) in [7, 11) is 2.18. The van der Waals surface area contributed by atoms with Gasteiger partial charge >= 0.3 is 0 Å². The highest BCUT2D eigenvalue weighted by Gasteiger charge is 2.16. The molecule has 0 amide bonds. The maximum atomic E-state index is 6.12. The van der Waals surface area contributed by atoms with E-state index in [9.17, 15) is 0 Å². The number of aromatic nitrogens is 1. The molecule has 1 aliphatic heterocycles. The predicted octanol–water partition coefficient (Wildman–Crippen LogP) is 5.95. The van der Waals surface area contributed by atoms with E-state index >= 15 is 0 Å². The number of piperazine rings is 1. The lowest BCUT2D eigenvalue weighted by Crippen LogP contribution is -2.44. The zero-order chi connectivity index (χ0) is 21.2. The van der Waals surface area contributed by atoms with Crippen LogP contribution in [0.2, 0.25) is 5.02 Å². The van der Waals surface area contributed by atoms with Crippen molar-refractivity contribution in [3.8, 4) is 16.3 Å². The molecule has 3 aromatic carbocycles. The van der Waals surface area contributed by atoms with Crippen LogP contribution in [0.1, 0.15) is 5.69 Å². The Morgan fingerprint density at radius 2 is 1.81 bits per heavy atom. The molecule has 31 heavy (non-hydrogen) atoms. The highest BCUT2D eigenvalue weighted by molar-refractivity contribution is 7.13. The van der Waals surface area contributed by atoms with Crippen LogP contribution in [0.25, 0.3) is 21.3 Å². The molecule has 0 N–H and O–H groups in total. The van der Waals surface area contributed by atoms with Crippen molar-refractivity contribution in [3.63, 3.8) is 0 Å². The van der Waals surface area contributed by atoms with Gasteiger partial charge in [-0.25, -0.2) is 4.98 Å². The number of anilines is 1. The van der Waals surface area contributed by atoms with Crippen LogP contribution in [0.3, 0.4) is 0 Å². The molecule has 0 spiro atoms. The van der Waals surface area contributed by atoms with Gasteiger partial charge < -0.3 is 14.5 Å². The van der Waals surface area contributed by atoms with Crippen molar-refractivity contribution in [2.75, 3.05) is 38.1 Å². The molecular formula is C25H24ClN3OS. The van der Waals surface area contributed by atoms with E-state index in [2.05, 4.69) is 52.6 Å². The zero-order valence-electron chi connectivity index (χ0n) is 17.4. The molecule has 158 valence electrons. The Hall–Kier alpha value is -2.60. The van der Waals surface area contributed by atoms with E-state index < -0.39 is 0 Å². The second-order valence-electron chi connectivity index (χ2n) is 7.89. The average molecular weight is 450 g/mol. The van der Waals surface area contributed by atoms with Crippen molar-refractivity contribution >= 4 is 39.4 Å². The minimum atomic E-state index is 0.451. The zero-order valence-corrected chi connectivity index (χ0v) is 19.0. The first-order valence-electron chi connectivity index (χ1n) is 10.5. The van der Waals surface area contributed by atoms with E-state index in [1.807, 2.05) is 30.3 Å². The Bertz CT molecular complexity index is 1180. The Labute approximate surface area is 191 Å². The van der Waals surface area contributed by atoms with Crippen LogP contribution in [0.4, 0.5) is 5.69 Å². The number of rotatable bonds is 5. The molecule has 0 bridgehead atoms. The molecule has 4 nitrogen and oxygen atoms in total. The quantitative estimate of drug-likeness (QED) is 0.376. The molecule has 6 heteroatoms. The van der Waals surface area contributed by atoms with Gasteiger partial charge in [-0.05, 0) is 42.8 Å². The largest absolute Gasteiger partial charge is 0.487 e. The van der Waals surface area contributed by atoms with E-state index in [1.54, 1.807) is 11.3 Å². The van der Waals surface area contributed by atoms with Crippen LogP contribution in [-0.4, -0.2) is 43.1 Å². The van der Waals surface area contributed by atoms with Crippen molar-refractivity contribution in [2.24, 2.45) is 0 Å². The van der Waals surface area contributed by atoms with Crippen LogP contribution in [-0.2, 0) is 6.61 Å². The van der Waals surface area contributed by atoms with Crippen molar-refractivity contribution in [2.45, 2.75) is 6.61 Å². The minimum absolute atomic E-state index is 0.451. The Morgan fingerprint density at radius 1 is 1.00 bits per heavy atom. The fourth-order valence-corrected chi connectivity index (χ4v) is 4.84. The lowest BCUT2D eigenvalue weighted by Gasteiger charge is -2.34. The molecular weight excluding hydrogens is 426 g/mol. The van der Waals surface area contributed by atoms with Crippen molar-refractivity contribution in [1.29, 1.82) is 0 Å². The van der Waals surface area contributed by atoms with Crippen LogP contribution in [0.15, 0.2) is 66.0 Å². The van der Waals surface area contributed by atoms with Crippen LogP contribution in [0, 0.1) is 0 Å². The van der Waals surface area contributed by atoms with Gasteiger partial charge in [-0.2, -0.15) is 0 Å². The van der Waals surface area contributed by atoms with Crippen LogP contribution < -0.4 is 9.64 Å². The third-order valence-electron chi connectivity index (χ3n) is 5.70. The second kappa shape index (κ2) is 8.87. The molecule has 0 aliphatic carbocycles. The highest BCUT2D eigenvalue weighted by atomic mass is 35.5. The highest BCUT2D eigenvalue weighted by Crippen LogP contribution is 2.31. The monoisotopic (exact) mass is 449 g/mol. The van der Waals surface area contributed by atoms with Crippen molar-refractivity contribution < 1.29 is 4.74 Å². The van der Waals surface area contributed by atoms with E-state index in [0.29, 0.717) is 6.61 Å². The van der Waals surface area contributed by atoms with Crippen LogP contribution >= 0.6 is 22.9 Å². The summed E-state index contributed by atoms with van der Waals surface area (Å²) >= 11 is 7.61. The van der Waals surface area contributed by atoms with Gasteiger partial charge in [-0.3, -0.25) is 0 Å². The predicted molar refractivity (Wildman–Crippen MR) is 131 cm³/mol. The smallest absolute Gasteiger partial charge is 0.131 e. The molecule has 4 aromatic rings. The molecule has 0 saturated carbocycles. The fourth-order valence-electron chi connectivity index (χ4n) is 3.90. The number of ether oxygens (including phenoxy) is 1. The maximum absolute atomic E-state index is 6.12. The number of thiazole rings is 1. The van der Waals surface area contributed by atoms with Crippen molar-refractivity contribution in [1.82, 2.24) is 9.88 Å². The van der Waals surface area contributed by atoms with E-state index in [1.165, 1.54) is 16.5 Å². The third kappa shape index (κ3) is 4.54. The molecule has 5 rings (SSSR count). The van der Waals surface area contributed by atoms with Gasteiger partial charge in [0.2, 0.25) is 0 Å². The van der Waals surface area contributed by atoms with E-state index in [4.69, 9.17) is 21.3 Å². The molecule has 0 atom stereocenters. The van der Waals surface area contributed by atoms with E-state index in [0.717, 1.165) is 53.2 Å². The summed E-state index contributed by atoms with van der Waals surface area (Å²) in [6.45, 7) is 4.73. The standard InChI is InChI=1S/C25H24ClN3OS/c1-28-11-13-29(14-12-28)24-4-2-3-18-7-10-22(15-23(18)24)30-16-21-17-31-25(27-21)19-5-8-20(26)9-6-19/h2-10,15,17H,11-14,16H2,1H3.